The molecule has 2 heterocycles. The number of hydrogen-bond acceptors (Lipinski definition) is 2. The fraction of sp³-hybridized carbons (Fsp3) is 0.150. The van der Waals surface area contributed by atoms with Gasteiger partial charge in [-0.3, -0.25) is 0 Å². The third-order valence-electron chi connectivity index (χ3n) is 4.43. The van der Waals surface area contributed by atoms with Crippen LogP contribution >= 0.6 is 11.8 Å². The normalized spacial score (nSPS) is 13.2. The molecule has 1 aliphatic rings. The van der Waals surface area contributed by atoms with Crippen molar-refractivity contribution in [1.29, 1.82) is 0 Å². The predicted octanol–water partition coefficient (Wildman–Crippen LogP) is 4.73. The summed E-state index contributed by atoms with van der Waals surface area (Å²) in [4.78, 5) is 6.64. The van der Waals surface area contributed by atoms with Crippen molar-refractivity contribution >= 4 is 17.9 Å². The number of rotatable bonds is 3. The number of hydrogen-bond donors (Lipinski definition) is 0. The summed E-state index contributed by atoms with van der Waals surface area (Å²) in [6, 6.07) is 14.9. The van der Waals surface area contributed by atoms with E-state index >= 15 is 0 Å². The lowest BCUT2D eigenvalue weighted by Crippen LogP contribution is -2.20. The molecule has 0 radical (unpaired) electrons. The monoisotopic (exact) mass is 407 g/mol. The Morgan fingerprint density at radius 2 is 1.68 bits per heavy atom. The van der Waals surface area contributed by atoms with Gasteiger partial charge in [-0.15, -0.1) is 0 Å². The van der Waals surface area contributed by atoms with Crippen LogP contribution in [0.4, 0.5) is 13.2 Å². The zero-order valence-electron chi connectivity index (χ0n) is 14.6. The number of halogens is 4. The van der Waals surface area contributed by atoms with E-state index in [1.807, 2.05) is 47.5 Å². The second-order valence-corrected chi connectivity index (χ2v) is 6.67. The number of benzene rings is 2. The molecule has 28 heavy (non-hydrogen) atoms. The summed E-state index contributed by atoms with van der Waals surface area (Å²) in [6.45, 7) is 1.02. The Kier molecular flexibility index (Phi) is 5.49. The van der Waals surface area contributed by atoms with Gasteiger partial charge in [-0.2, -0.15) is 13.2 Å². The molecule has 8 heteroatoms. The van der Waals surface area contributed by atoms with Gasteiger partial charge >= 0.3 is 6.18 Å². The summed E-state index contributed by atoms with van der Waals surface area (Å²) in [5, 5.41) is 0. The molecule has 2 aromatic carbocycles. The van der Waals surface area contributed by atoms with Gasteiger partial charge in [-0.1, -0.05) is 42.5 Å². The highest BCUT2D eigenvalue weighted by atomic mass is 35.5. The molecule has 0 amide bonds. The Morgan fingerprint density at radius 3 is 2.32 bits per heavy atom. The Bertz CT molecular complexity index is 982. The van der Waals surface area contributed by atoms with Crippen molar-refractivity contribution in [3.63, 3.8) is 0 Å². The molecule has 4 nitrogen and oxygen atoms in total. The fourth-order valence-electron chi connectivity index (χ4n) is 3.06. The lowest BCUT2D eigenvalue weighted by atomic mass is 10.1. The maximum Gasteiger partial charge on any atom is 0.416 e. The maximum absolute atomic E-state index is 12.7. The molecule has 0 aliphatic carbocycles. The van der Waals surface area contributed by atoms with Crippen LogP contribution in [0.5, 0.6) is 0 Å². The SMILES string of the molecule is FC(F)(F)c1ccc(CN2C=Cc3c(nc(-c4ccccc4)n3Cl)C2)cc1.O. The van der Waals surface area contributed by atoms with Crippen molar-refractivity contribution in [2.24, 2.45) is 0 Å². The molecule has 0 unspecified atom stereocenters. The van der Waals surface area contributed by atoms with Crippen LogP contribution in [0.1, 0.15) is 22.5 Å². The third-order valence-corrected chi connectivity index (χ3v) is 4.77. The molecule has 2 N–H and O–H groups in total. The number of alkyl halides is 3. The van der Waals surface area contributed by atoms with Crippen molar-refractivity contribution in [2.45, 2.75) is 19.3 Å². The van der Waals surface area contributed by atoms with E-state index in [2.05, 4.69) is 4.98 Å². The van der Waals surface area contributed by atoms with Gasteiger partial charge in [0.25, 0.3) is 0 Å². The largest absolute Gasteiger partial charge is 0.416 e. The highest BCUT2D eigenvalue weighted by Gasteiger charge is 2.30. The van der Waals surface area contributed by atoms with Gasteiger partial charge in [0.05, 0.1) is 23.5 Å². The van der Waals surface area contributed by atoms with Crippen LogP contribution in [0.2, 0.25) is 0 Å². The lowest BCUT2D eigenvalue weighted by molar-refractivity contribution is -0.137. The molecule has 4 rings (SSSR count). The fourth-order valence-corrected chi connectivity index (χ4v) is 3.35. The van der Waals surface area contributed by atoms with Crippen LogP contribution in [-0.2, 0) is 19.3 Å². The summed E-state index contributed by atoms with van der Waals surface area (Å²) in [6.07, 6.45) is -0.565. The van der Waals surface area contributed by atoms with E-state index in [9.17, 15) is 13.2 Å². The van der Waals surface area contributed by atoms with Crippen molar-refractivity contribution in [3.05, 3.63) is 83.3 Å². The third kappa shape index (κ3) is 3.90. The van der Waals surface area contributed by atoms with Crippen molar-refractivity contribution < 1.29 is 18.6 Å². The highest BCUT2D eigenvalue weighted by Crippen LogP contribution is 2.31. The molecular formula is C20H17ClF3N3O. The van der Waals surface area contributed by atoms with Crippen molar-refractivity contribution in [1.82, 2.24) is 14.0 Å². The van der Waals surface area contributed by atoms with Crippen LogP contribution in [0, 0.1) is 0 Å². The second-order valence-electron chi connectivity index (χ2n) is 6.33. The van der Waals surface area contributed by atoms with Crippen molar-refractivity contribution in [3.8, 4) is 11.4 Å². The molecule has 0 atom stereocenters. The van der Waals surface area contributed by atoms with E-state index in [1.165, 1.54) is 16.2 Å². The number of aromatic nitrogens is 2. The van der Waals surface area contributed by atoms with Crippen LogP contribution in [0.3, 0.4) is 0 Å². The molecule has 1 aliphatic heterocycles. The van der Waals surface area contributed by atoms with E-state index in [4.69, 9.17) is 11.8 Å². The zero-order valence-corrected chi connectivity index (χ0v) is 15.4. The van der Waals surface area contributed by atoms with Gasteiger partial charge in [-0.05, 0) is 23.8 Å². The van der Waals surface area contributed by atoms with Crippen molar-refractivity contribution in [2.75, 3.05) is 0 Å². The first kappa shape index (κ1) is 20.0. The summed E-state index contributed by atoms with van der Waals surface area (Å²) >= 11 is 6.42. The van der Waals surface area contributed by atoms with Gasteiger partial charge in [0.2, 0.25) is 0 Å². The summed E-state index contributed by atoms with van der Waals surface area (Å²) in [7, 11) is 0. The Balaban J connectivity index is 0.00000225. The zero-order chi connectivity index (χ0) is 19.0. The molecule has 0 bridgehead atoms. The molecule has 0 fully saturated rings. The number of nitrogens with zero attached hydrogens (tertiary/aromatic N) is 3. The predicted molar refractivity (Wildman–Crippen MR) is 102 cm³/mol. The van der Waals surface area contributed by atoms with Gasteiger partial charge in [0.15, 0.2) is 5.82 Å². The Labute approximate surface area is 164 Å². The second kappa shape index (κ2) is 7.69. The summed E-state index contributed by atoms with van der Waals surface area (Å²) < 4.78 is 39.6. The molecule has 1 aromatic heterocycles. The molecular weight excluding hydrogens is 391 g/mol. The average Bonchev–Trinajstić information content (AvgIpc) is 2.98. The standard InChI is InChI=1S/C20H15ClF3N3.H2O/c21-27-18-10-11-26(12-14-6-8-16(9-7-14)20(22,23)24)13-17(18)25-19(27)15-4-2-1-3-5-15;/h1-11H,12-13H2;1H2. The Hall–Kier alpha value is -2.77. The maximum atomic E-state index is 12.7. The molecule has 3 aromatic rings. The van der Waals surface area contributed by atoms with Gasteiger partial charge in [0, 0.05) is 30.1 Å². The first-order chi connectivity index (χ1) is 12.9. The van der Waals surface area contributed by atoms with E-state index in [0.29, 0.717) is 18.9 Å². The first-order valence-electron chi connectivity index (χ1n) is 8.33. The molecule has 0 saturated carbocycles. The topological polar surface area (TPSA) is 52.6 Å². The molecule has 0 spiro atoms. The lowest BCUT2D eigenvalue weighted by Gasteiger charge is -2.23. The summed E-state index contributed by atoms with van der Waals surface area (Å²) in [5.41, 5.74) is 2.72. The summed E-state index contributed by atoms with van der Waals surface area (Å²) in [5.74, 6) is 0.670. The van der Waals surface area contributed by atoms with Gasteiger partial charge in [0.1, 0.15) is 0 Å². The minimum absolute atomic E-state index is 0. The first-order valence-corrected chi connectivity index (χ1v) is 8.67. The minimum Gasteiger partial charge on any atom is -0.412 e. The van der Waals surface area contributed by atoms with Crippen LogP contribution in [-0.4, -0.2) is 19.4 Å². The minimum atomic E-state index is -4.32. The quantitative estimate of drug-likeness (QED) is 0.630. The van der Waals surface area contributed by atoms with Crippen LogP contribution < -0.4 is 0 Å². The number of imidazole rings is 1. The van der Waals surface area contributed by atoms with Gasteiger partial charge in [-0.25, -0.2) is 9.07 Å². The van der Waals surface area contributed by atoms with E-state index in [0.717, 1.165) is 34.6 Å². The molecule has 0 saturated heterocycles. The average molecular weight is 408 g/mol. The number of fused-ring (bicyclic) bond motifs is 1. The molecule has 146 valence electrons. The van der Waals surface area contributed by atoms with E-state index in [1.54, 1.807) is 0 Å². The van der Waals surface area contributed by atoms with E-state index in [-0.39, 0.29) is 5.48 Å². The van der Waals surface area contributed by atoms with E-state index < -0.39 is 11.7 Å². The van der Waals surface area contributed by atoms with Gasteiger partial charge < -0.3 is 10.4 Å². The van der Waals surface area contributed by atoms with Crippen LogP contribution in [0.25, 0.3) is 17.5 Å². The Morgan fingerprint density at radius 1 is 1.00 bits per heavy atom. The smallest absolute Gasteiger partial charge is 0.412 e. The highest BCUT2D eigenvalue weighted by molar-refractivity contribution is 6.18. The van der Waals surface area contributed by atoms with Crippen LogP contribution in [0.15, 0.2) is 60.8 Å².